The molecule has 0 saturated heterocycles. The molecule has 0 atom stereocenters. The molecule has 0 amide bonds. The van der Waals surface area contributed by atoms with Gasteiger partial charge in [-0.3, -0.25) is 0 Å². The Balaban J connectivity index is 1.13. The molecule has 13 rings (SSSR count). The zero-order chi connectivity index (χ0) is 39.3. The van der Waals surface area contributed by atoms with E-state index in [9.17, 15) is 0 Å². The number of fused-ring (bicyclic) bond motifs is 10. The topological polar surface area (TPSA) is 13.1 Å². The highest BCUT2D eigenvalue weighted by atomic mass is 32.1. The zero-order valence-electron chi connectivity index (χ0n) is 32.4. The maximum Gasteiger partial charge on any atom is 0.135 e. The molecule has 2 heteroatoms. The summed E-state index contributed by atoms with van der Waals surface area (Å²) in [5, 5.41) is 14.9. The molecule has 0 spiro atoms. The predicted molar refractivity (Wildman–Crippen MR) is 258 cm³/mol. The van der Waals surface area contributed by atoms with Gasteiger partial charge >= 0.3 is 0 Å². The Labute approximate surface area is 350 Å². The minimum atomic E-state index is 0.910. The lowest BCUT2D eigenvalue weighted by Crippen LogP contribution is -1.92. The van der Waals surface area contributed by atoms with E-state index in [4.69, 9.17) is 4.42 Å². The van der Waals surface area contributed by atoms with Crippen molar-refractivity contribution in [2.75, 3.05) is 0 Å². The molecule has 1 nitrogen and oxygen atoms in total. The molecular formula is C58H34OS. The number of furan rings is 1. The van der Waals surface area contributed by atoms with Crippen molar-refractivity contribution in [2.45, 2.75) is 0 Å². The van der Waals surface area contributed by atoms with Crippen LogP contribution >= 0.6 is 11.3 Å². The van der Waals surface area contributed by atoms with Crippen LogP contribution in [0.25, 0.3) is 130 Å². The summed E-state index contributed by atoms with van der Waals surface area (Å²) in [6, 6.07) is 75.8. The molecule has 0 N–H and O–H groups in total. The van der Waals surface area contributed by atoms with Crippen LogP contribution in [0.4, 0.5) is 0 Å². The molecule has 60 heavy (non-hydrogen) atoms. The molecule has 2 aromatic heterocycles. The van der Waals surface area contributed by atoms with Crippen molar-refractivity contribution < 1.29 is 4.42 Å². The van der Waals surface area contributed by atoms with E-state index < -0.39 is 0 Å². The Hall–Kier alpha value is -7.52. The Morgan fingerprint density at radius 3 is 1.17 bits per heavy atom. The van der Waals surface area contributed by atoms with Crippen molar-refractivity contribution >= 4 is 96.5 Å². The van der Waals surface area contributed by atoms with Crippen molar-refractivity contribution in [3.8, 4) is 44.5 Å². The summed E-state index contributed by atoms with van der Waals surface area (Å²) in [7, 11) is 0. The fourth-order valence-corrected chi connectivity index (χ4v) is 11.4. The first-order valence-corrected chi connectivity index (χ1v) is 21.4. The van der Waals surface area contributed by atoms with Crippen LogP contribution in [0.2, 0.25) is 0 Å². The standard InChI is InChI=1S/C58H34OS/c1-2-16-35(17-3-1)53-38-19-4-8-23-42(38)55(43-24-9-5-20-39(43)53)46-27-14-30-51-57(46)58-47(28-15-31-52(58)60-51)56-44-25-10-6-21-40(44)54(41-22-7-11-26-45(41)56)36-32-33-50-48(34-36)37-18-12-13-29-49(37)59-50/h1-34H. The van der Waals surface area contributed by atoms with Crippen LogP contribution in [0.1, 0.15) is 0 Å². The van der Waals surface area contributed by atoms with Gasteiger partial charge in [-0.05, 0) is 118 Å². The maximum absolute atomic E-state index is 6.28. The highest BCUT2D eigenvalue weighted by molar-refractivity contribution is 7.26. The Morgan fingerprint density at radius 1 is 0.267 bits per heavy atom. The summed E-state index contributed by atoms with van der Waals surface area (Å²) in [5.74, 6) is 0. The van der Waals surface area contributed by atoms with Crippen LogP contribution in [0.15, 0.2) is 211 Å². The minimum absolute atomic E-state index is 0.910. The van der Waals surface area contributed by atoms with Gasteiger partial charge in [0.15, 0.2) is 0 Å². The van der Waals surface area contributed by atoms with Gasteiger partial charge in [-0.15, -0.1) is 11.3 Å². The lowest BCUT2D eigenvalue weighted by Gasteiger charge is -2.20. The van der Waals surface area contributed by atoms with Gasteiger partial charge in [0.2, 0.25) is 0 Å². The molecule has 11 aromatic carbocycles. The quantitative estimate of drug-likeness (QED) is 0.162. The van der Waals surface area contributed by atoms with Crippen LogP contribution in [0.5, 0.6) is 0 Å². The number of rotatable bonds is 4. The molecular weight excluding hydrogens is 745 g/mol. The molecule has 0 saturated carbocycles. The van der Waals surface area contributed by atoms with Crippen molar-refractivity contribution in [3.05, 3.63) is 206 Å². The molecule has 278 valence electrons. The highest BCUT2D eigenvalue weighted by Gasteiger charge is 2.24. The number of thiophene rings is 1. The van der Waals surface area contributed by atoms with E-state index in [2.05, 4.69) is 200 Å². The van der Waals surface area contributed by atoms with Gasteiger partial charge in [0, 0.05) is 30.9 Å². The zero-order valence-corrected chi connectivity index (χ0v) is 33.3. The van der Waals surface area contributed by atoms with E-state index in [1.165, 1.54) is 108 Å². The molecule has 13 aromatic rings. The second-order valence-electron chi connectivity index (χ2n) is 15.8. The highest BCUT2D eigenvalue weighted by Crippen LogP contribution is 2.52. The van der Waals surface area contributed by atoms with Crippen LogP contribution in [0, 0.1) is 0 Å². The fraction of sp³-hybridized carbons (Fsp3) is 0. The maximum atomic E-state index is 6.28. The lowest BCUT2D eigenvalue weighted by molar-refractivity contribution is 0.669. The average molecular weight is 779 g/mol. The summed E-state index contributed by atoms with van der Waals surface area (Å²) < 4.78 is 8.86. The minimum Gasteiger partial charge on any atom is -0.456 e. The van der Waals surface area contributed by atoms with E-state index >= 15 is 0 Å². The van der Waals surface area contributed by atoms with E-state index in [1.807, 2.05) is 17.4 Å². The molecule has 0 radical (unpaired) electrons. The van der Waals surface area contributed by atoms with E-state index in [0.29, 0.717) is 0 Å². The summed E-state index contributed by atoms with van der Waals surface area (Å²) >= 11 is 1.89. The molecule has 2 heterocycles. The van der Waals surface area contributed by atoms with Crippen LogP contribution in [0.3, 0.4) is 0 Å². The number of hydrogen-bond acceptors (Lipinski definition) is 2. The predicted octanol–water partition coefficient (Wildman–Crippen LogP) is 17.2. The van der Waals surface area contributed by atoms with E-state index in [0.717, 1.165) is 21.9 Å². The van der Waals surface area contributed by atoms with E-state index in [-0.39, 0.29) is 0 Å². The normalized spacial score (nSPS) is 12.0. The molecule has 0 fully saturated rings. The largest absolute Gasteiger partial charge is 0.456 e. The van der Waals surface area contributed by atoms with Crippen molar-refractivity contribution in [3.63, 3.8) is 0 Å². The summed E-state index contributed by atoms with van der Waals surface area (Å²) in [6.07, 6.45) is 0. The van der Waals surface area contributed by atoms with Crippen molar-refractivity contribution in [1.82, 2.24) is 0 Å². The van der Waals surface area contributed by atoms with Gasteiger partial charge in [0.1, 0.15) is 11.2 Å². The Kier molecular flexibility index (Phi) is 7.24. The molecule has 0 aliphatic rings. The smallest absolute Gasteiger partial charge is 0.135 e. The third kappa shape index (κ3) is 4.80. The third-order valence-electron chi connectivity index (χ3n) is 12.7. The second-order valence-corrected chi connectivity index (χ2v) is 16.9. The van der Waals surface area contributed by atoms with Gasteiger partial charge < -0.3 is 4.42 Å². The van der Waals surface area contributed by atoms with Crippen LogP contribution < -0.4 is 0 Å². The van der Waals surface area contributed by atoms with Gasteiger partial charge in [-0.2, -0.15) is 0 Å². The summed E-state index contributed by atoms with van der Waals surface area (Å²) in [4.78, 5) is 0. The monoisotopic (exact) mass is 778 g/mol. The van der Waals surface area contributed by atoms with Crippen LogP contribution in [-0.4, -0.2) is 0 Å². The molecule has 0 bridgehead atoms. The fourth-order valence-electron chi connectivity index (χ4n) is 10.2. The van der Waals surface area contributed by atoms with Crippen molar-refractivity contribution in [2.24, 2.45) is 0 Å². The first kappa shape index (κ1) is 33.5. The van der Waals surface area contributed by atoms with Gasteiger partial charge in [-0.25, -0.2) is 0 Å². The number of hydrogen-bond donors (Lipinski definition) is 0. The molecule has 0 unspecified atom stereocenters. The average Bonchev–Trinajstić information content (AvgIpc) is 3.89. The Bertz CT molecular complexity index is 3770. The number of benzene rings is 11. The molecule has 0 aliphatic carbocycles. The third-order valence-corrected chi connectivity index (χ3v) is 13.8. The summed E-state index contributed by atoms with van der Waals surface area (Å²) in [6.45, 7) is 0. The summed E-state index contributed by atoms with van der Waals surface area (Å²) in [5.41, 5.74) is 11.9. The lowest BCUT2D eigenvalue weighted by atomic mass is 9.83. The van der Waals surface area contributed by atoms with Gasteiger partial charge in [-0.1, -0.05) is 176 Å². The van der Waals surface area contributed by atoms with Gasteiger partial charge in [0.25, 0.3) is 0 Å². The van der Waals surface area contributed by atoms with Gasteiger partial charge in [0.05, 0.1) is 0 Å². The van der Waals surface area contributed by atoms with E-state index in [1.54, 1.807) is 0 Å². The SMILES string of the molecule is c1ccc(-c2c3ccccc3c(-c3cccc4sc5cccc(-c6c7ccccc7c(-c7ccc8oc9ccccc9c8c7)c7ccccc67)c5c34)c3ccccc23)cc1. The first-order chi connectivity index (χ1) is 29.8. The number of para-hydroxylation sites is 1. The second kappa shape index (κ2) is 13.0. The van der Waals surface area contributed by atoms with Crippen molar-refractivity contribution in [1.29, 1.82) is 0 Å². The first-order valence-electron chi connectivity index (χ1n) is 20.6. The molecule has 0 aliphatic heterocycles. The Morgan fingerprint density at radius 2 is 0.667 bits per heavy atom. The van der Waals surface area contributed by atoms with Crippen LogP contribution in [-0.2, 0) is 0 Å².